The zero-order chi connectivity index (χ0) is 14.3. The lowest BCUT2D eigenvalue weighted by molar-refractivity contribution is -0.142. The van der Waals surface area contributed by atoms with Gasteiger partial charge in [0, 0.05) is 23.3 Å². The lowest BCUT2D eigenvalue weighted by atomic mass is 10.1. The first-order valence-electron chi connectivity index (χ1n) is 6.55. The monoisotopic (exact) mass is 308 g/mol. The quantitative estimate of drug-likeness (QED) is 0.947. The van der Waals surface area contributed by atoms with Crippen molar-refractivity contribution >= 4 is 28.6 Å². The van der Waals surface area contributed by atoms with Crippen LogP contribution in [0.5, 0.6) is 0 Å². The predicted molar refractivity (Wildman–Crippen MR) is 81.4 cm³/mol. The van der Waals surface area contributed by atoms with Gasteiger partial charge in [-0.05, 0) is 31.9 Å². The Bertz CT molecular complexity index is 647. The zero-order valence-electron chi connectivity index (χ0n) is 11.4. The fourth-order valence-electron chi connectivity index (χ4n) is 2.44. The number of aromatic nitrogens is 1. The molecule has 0 saturated carbocycles. The number of nitrogens with zero attached hydrogens (tertiary/aromatic N) is 2. The minimum absolute atomic E-state index is 0.423. The minimum Gasteiger partial charge on any atom is -0.480 e. The van der Waals surface area contributed by atoms with Crippen molar-refractivity contribution in [2.75, 3.05) is 6.54 Å². The van der Waals surface area contributed by atoms with Crippen molar-refractivity contribution < 1.29 is 9.90 Å². The third-order valence-corrected chi connectivity index (χ3v) is 5.71. The second kappa shape index (κ2) is 5.27. The molecule has 1 unspecified atom stereocenters. The van der Waals surface area contributed by atoms with Gasteiger partial charge < -0.3 is 5.11 Å². The summed E-state index contributed by atoms with van der Waals surface area (Å²) in [6.07, 6.45) is 0.931. The molecule has 3 rings (SSSR count). The highest BCUT2D eigenvalue weighted by Crippen LogP contribution is 2.35. The summed E-state index contributed by atoms with van der Waals surface area (Å²) < 4.78 is 0. The second-order valence-electron chi connectivity index (χ2n) is 5.05. The molecule has 2 aromatic rings. The number of aryl methyl sites for hydroxylation is 1. The van der Waals surface area contributed by atoms with Crippen LogP contribution in [0.25, 0.3) is 10.6 Å². The molecular formula is C14H16N2O2S2. The molecule has 2 aromatic heterocycles. The van der Waals surface area contributed by atoms with E-state index in [0.717, 1.165) is 30.2 Å². The summed E-state index contributed by atoms with van der Waals surface area (Å²) in [7, 11) is 0. The van der Waals surface area contributed by atoms with Crippen molar-refractivity contribution in [1.29, 1.82) is 0 Å². The summed E-state index contributed by atoms with van der Waals surface area (Å²) in [6.45, 7) is 5.31. The van der Waals surface area contributed by atoms with Crippen LogP contribution >= 0.6 is 22.7 Å². The normalized spacial score (nSPS) is 16.9. The summed E-state index contributed by atoms with van der Waals surface area (Å²) in [6, 6.07) is 1.75. The molecule has 1 N–H and O–H groups in total. The van der Waals surface area contributed by atoms with Crippen LogP contribution < -0.4 is 0 Å². The Morgan fingerprint density at radius 1 is 1.55 bits per heavy atom. The standard InChI is InChI=1S/C14H16N2O2S2/c1-8(14(17)18)16-4-3-12-10(6-16)5-13(20-12)11-7-19-9(2)15-11/h5,7-8H,3-4,6H2,1-2H3,(H,17,18). The number of thiophene rings is 1. The van der Waals surface area contributed by atoms with E-state index in [0.29, 0.717) is 0 Å². The molecule has 0 amide bonds. The SMILES string of the molecule is Cc1nc(-c2cc3c(s2)CCN(C(C)C(=O)O)C3)cs1. The number of hydrogen-bond acceptors (Lipinski definition) is 5. The van der Waals surface area contributed by atoms with Crippen LogP contribution in [0.2, 0.25) is 0 Å². The number of carbonyl (C=O) groups is 1. The largest absolute Gasteiger partial charge is 0.480 e. The van der Waals surface area contributed by atoms with Gasteiger partial charge in [-0.2, -0.15) is 0 Å². The van der Waals surface area contributed by atoms with Gasteiger partial charge in [-0.3, -0.25) is 9.69 Å². The fraction of sp³-hybridized carbons (Fsp3) is 0.429. The van der Waals surface area contributed by atoms with Gasteiger partial charge in [-0.25, -0.2) is 4.98 Å². The van der Waals surface area contributed by atoms with E-state index in [2.05, 4.69) is 16.4 Å². The third kappa shape index (κ3) is 2.51. The summed E-state index contributed by atoms with van der Waals surface area (Å²) in [5.41, 5.74) is 2.31. The summed E-state index contributed by atoms with van der Waals surface area (Å²) in [5.74, 6) is -0.751. The molecule has 0 radical (unpaired) electrons. The van der Waals surface area contributed by atoms with Gasteiger partial charge in [0.1, 0.15) is 6.04 Å². The maximum absolute atomic E-state index is 11.1. The Morgan fingerprint density at radius 2 is 2.35 bits per heavy atom. The molecule has 1 aliphatic heterocycles. The Morgan fingerprint density at radius 3 is 3.00 bits per heavy atom. The number of carboxylic acid groups (broad SMARTS) is 1. The highest BCUT2D eigenvalue weighted by molar-refractivity contribution is 7.16. The number of hydrogen-bond donors (Lipinski definition) is 1. The van der Waals surface area contributed by atoms with Crippen molar-refractivity contribution in [3.8, 4) is 10.6 Å². The molecule has 0 spiro atoms. The van der Waals surface area contributed by atoms with E-state index in [1.54, 1.807) is 29.6 Å². The fourth-order valence-corrected chi connectivity index (χ4v) is 4.26. The molecule has 20 heavy (non-hydrogen) atoms. The topological polar surface area (TPSA) is 53.4 Å². The molecule has 6 heteroatoms. The van der Waals surface area contributed by atoms with Crippen molar-refractivity contribution in [2.24, 2.45) is 0 Å². The number of thiazole rings is 1. The summed E-state index contributed by atoms with van der Waals surface area (Å²) in [4.78, 5) is 20.2. The molecule has 0 aromatic carbocycles. The van der Waals surface area contributed by atoms with E-state index < -0.39 is 12.0 Å². The molecule has 0 bridgehead atoms. The summed E-state index contributed by atoms with van der Waals surface area (Å²) in [5, 5.41) is 12.3. The molecule has 106 valence electrons. The van der Waals surface area contributed by atoms with Gasteiger partial charge in [0.25, 0.3) is 0 Å². The van der Waals surface area contributed by atoms with E-state index in [1.807, 2.05) is 11.8 Å². The average Bonchev–Trinajstić information content (AvgIpc) is 3.02. The predicted octanol–water partition coefficient (Wildman–Crippen LogP) is 3.01. The molecule has 1 aliphatic rings. The van der Waals surface area contributed by atoms with Gasteiger partial charge in [-0.1, -0.05) is 0 Å². The lowest BCUT2D eigenvalue weighted by Gasteiger charge is -2.29. The molecule has 0 aliphatic carbocycles. The van der Waals surface area contributed by atoms with Crippen LogP contribution in [-0.4, -0.2) is 33.5 Å². The van der Waals surface area contributed by atoms with Crippen molar-refractivity contribution in [2.45, 2.75) is 32.9 Å². The molecule has 0 fully saturated rings. The van der Waals surface area contributed by atoms with Crippen molar-refractivity contribution in [3.05, 3.63) is 26.9 Å². The Kier molecular flexibility index (Phi) is 3.62. The van der Waals surface area contributed by atoms with Gasteiger partial charge in [0.05, 0.1) is 15.6 Å². The van der Waals surface area contributed by atoms with Crippen LogP contribution in [0.1, 0.15) is 22.4 Å². The second-order valence-corrected chi connectivity index (χ2v) is 7.24. The van der Waals surface area contributed by atoms with Crippen molar-refractivity contribution in [3.63, 3.8) is 0 Å². The Hall–Kier alpha value is -1.24. The van der Waals surface area contributed by atoms with E-state index in [-0.39, 0.29) is 0 Å². The van der Waals surface area contributed by atoms with Crippen LogP contribution in [-0.2, 0) is 17.8 Å². The number of rotatable bonds is 3. The van der Waals surface area contributed by atoms with E-state index >= 15 is 0 Å². The maximum atomic E-state index is 11.1. The van der Waals surface area contributed by atoms with Gasteiger partial charge >= 0.3 is 5.97 Å². The number of aliphatic carboxylic acids is 1. The molecule has 1 atom stereocenters. The third-order valence-electron chi connectivity index (χ3n) is 3.67. The van der Waals surface area contributed by atoms with Gasteiger partial charge in [0.2, 0.25) is 0 Å². The molecular weight excluding hydrogens is 292 g/mol. The highest BCUT2D eigenvalue weighted by Gasteiger charge is 2.26. The van der Waals surface area contributed by atoms with Crippen molar-refractivity contribution in [1.82, 2.24) is 9.88 Å². The van der Waals surface area contributed by atoms with Crippen LogP contribution in [0.3, 0.4) is 0 Å². The molecule has 0 saturated heterocycles. The van der Waals surface area contributed by atoms with Gasteiger partial charge in [0.15, 0.2) is 0 Å². The van der Waals surface area contributed by atoms with E-state index in [9.17, 15) is 4.79 Å². The zero-order valence-corrected chi connectivity index (χ0v) is 13.1. The molecule has 4 nitrogen and oxygen atoms in total. The first kappa shape index (κ1) is 13.7. The molecule has 3 heterocycles. The Labute approximate surface area is 125 Å². The lowest BCUT2D eigenvalue weighted by Crippen LogP contribution is -2.41. The van der Waals surface area contributed by atoms with E-state index in [1.165, 1.54) is 15.3 Å². The minimum atomic E-state index is -0.751. The van der Waals surface area contributed by atoms with Crippen LogP contribution in [0, 0.1) is 6.92 Å². The smallest absolute Gasteiger partial charge is 0.320 e. The Balaban J connectivity index is 1.84. The number of fused-ring (bicyclic) bond motifs is 1. The first-order chi connectivity index (χ1) is 9.54. The van der Waals surface area contributed by atoms with Gasteiger partial charge in [-0.15, -0.1) is 22.7 Å². The van der Waals surface area contributed by atoms with E-state index in [4.69, 9.17) is 5.11 Å². The summed E-state index contributed by atoms with van der Waals surface area (Å²) >= 11 is 3.46. The maximum Gasteiger partial charge on any atom is 0.320 e. The van der Waals surface area contributed by atoms with Crippen LogP contribution in [0.15, 0.2) is 11.4 Å². The number of carboxylic acids is 1. The first-order valence-corrected chi connectivity index (χ1v) is 8.25. The average molecular weight is 308 g/mol. The van der Waals surface area contributed by atoms with Crippen LogP contribution in [0.4, 0.5) is 0 Å². The highest BCUT2D eigenvalue weighted by atomic mass is 32.1.